The summed E-state index contributed by atoms with van der Waals surface area (Å²) >= 11 is 0. The van der Waals surface area contributed by atoms with Gasteiger partial charge in [0.25, 0.3) is 0 Å². The number of allylic oxidation sites excluding steroid dienone is 1. The molecule has 0 spiro atoms. The van der Waals surface area contributed by atoms with E-state index in [0.29, 0.717) is 0 Å². The molecule has 0 aliphatic carbocycles. The summed E-state index contributed by atoms with van der Waals surface area (Å²) in [5.41, 5.74) is 4.39. The Hall–Kier alpha value is -0.590. The van der Waals surface area contributed by atoms with Crippen LogP contribution in [0.1, 0.15) is 47.5 Å². The van der Waals surface area contributed by atoms with Gasteiger partial charge in [0.1, 0.15) is 0 Å². The number of aliphatic imine (C=N–C) groups is 1. The topological polar surface area (TPSA) is 12.4 Å². The highest BCUT2D eigenvalue weighted by Gasteiger charge is 2.27. The molecule has 1 heterocycles. The Kier molecular flexibility index (Phi) is 2.41. The van der Waals surface area contributed by atoms with Crippen LogP contribution in [0.2, 0.25) is 0 Å². The van der Waals surface area contributed by atoms with Gasteiger partial charge < -0.3 is 0 Å². The van der Waals surface area contributed by atoms with Gasteiger partial charge in [-0.05, 0) is 46.1 Å². The molecule has 0 saturated heterocycles. The van der Waals surface area contributed by atoms with Crippen molar-refractivity contribution >= 4 is 5.71 Å². The maximum atomic E-state index is 4.63. The van der Waals surface area contributed by atoms with Crippen LogP contribution in [0.5, 0.6) is 0 Å². The molecule has 0 N–H and O–H groups in total. The average Bonchev–Trinajstić information content (AvgIpc) is 2.23. The van der Waals surface area contributed by atoms with Crippen molar-refractivity contribution in [2.24, 2.45) is 4.99 Å². The molecule has 0 aromatic carbocycles. The molecule has 1 aliphatic heterocycles. The molecular weight excluding hydrogens is 146 g/mol. The Labute approximate surface area is 75.6 Å². The summed E-state index contributed by atoms with van der Waals surface area (Å²) in [5, 5.41) is 0. The molecule has 12 heavy (non-hydrogen) atoms. The third kappa shape index (κ3) is 1.77. The fourth-order valence-corrected chi connectivity index (χ4v) is 1.79. The van der Waals surface area contributed by atoms with Gasteiger partial charge >= 0.3 is 0 Å². The summed E-state index contributed by atoms with van der Waals surface area (Å²) in [6.07, 6.45) is 2.27. The molecule has 68 valence electrons. The lowest BCUT2D eigenvalue weighted by Gasteiger charge is -2.12. The second-order valence-corrected chi connectivity index (χ2v) is 4.30. The largest absolute Gasteiger partial charge is 0.283 e. The summed E-state index contributed by atoms with van der Waals surface area (Å²) in [6, 6.07) is 0. The van der Waals surface area contributed by atoms with Crippen molar-refractivity contribution in [3.63, 3.8) is 0 Å². The molecule has 1 rings (SSSR count). The summed E-state index contributed by atoms with van der Waals surface area (Å²) in [6.45, 7) is 11.0. The molecule has 0 fully saturated rings. The van der Waals surface area contributed by atoms with Gasteiger partial charge in [-0.2, -0.15) is 0 Å². The molecule has 0 saturated carbocycles. The van der Waals surface area contributed by atoms with Crippen LogP contribution < -0.4 is 0 Å². The first-order valence-corrected chi connectivity index (χ1v) is 4.71. The molecule has 0 unspecified atom stereocenters. The molecule has 0 aromatic heterocycles. The lowest BCUT2D eigenvalue weighted by Crippen LogP contribution is -2.11. The zero-order valence-corrected chi connectivity index (χ0v) is 8.86. The minimum atomic E-state index is 0.149. The van der Waals surface area contributed by atoms with E-state index in [4.69, 9.17) is 0 Å². The van der Waals surface area contributed by atoms with Gasteiger partial charge in [-0.15, -0.1) is 0 Å². The molecule has 1 aliphatic rings. The van der Waals surface area contributed by atoms with E-state index < -0.39 is 0 Å². The fourth-order valence-electron chi connectivity index (χ4n) is 1.79. The Morgan fingerprint density at radius 2 is 2.08 bits per heavy atom. The first-order chi connectivity index (χ1) is 5.46. The average molecular weight is 165 g/mol. The van der Waals surface area contributed by atoms with Gasteiger partial charge in [-0.1, -0.05) is 12.5 Å². The predicted molar refractivity (Wildman–Crippen MR) is 54.8 cm³/mol. The first kappa shape index (κ1) is 9.50. The Morgan fingerprint density at radius 3 is 2.42 bits per heavy atom. The van der Waals surface area contributed by atoms with Gasteiger partial charge in [0, 0.05) is 5.71 Å². The van der Waals surface area contributed by atoms with Crippen LogP contribution >= 0.6 is 0 Å². The Bertz CT molecular complexity index is 244. The van der Waals surface area contributed by atoms with Gasteiger partial charge in [-0.3, -0.25) is 4.99 Å². The van der Waals surface area contributed by atoms with E-state index in [2.05, 4.69) is 39.6 Å². The first-order valence-electron chi connectivity index (χ1n) is 4.71. The van der Waals surface area contributed by atoms with Crippen LogP contribution in [0.4, 0.5) is 0 Å². The zero-order chi connectivity index (χ0) is 9.35. The molecular formula is C11H19N. The minimum Gasteiger partial charge on any atom is -0.283 e. The second-order valence-electron chi connectivity index (χ2n) is 4.30. The van der Waals surface area contributed by atoms with E-state index in [1.165, 1.54) is 16.9 Å². The van der Waals surface area contributed by atoms with Crippen molar-refractivity contribution in [3.8, 4) is 0 Å². The molecule has 0 radical (unpaired) electrons. The number of rotatable bonds is 1. The SMILES string of the molecule is CC/C(C)=C1/CC(C)(C)N=C1C. The zero-order valence-electron chi connectivity index (χ0n) is 8.86. The highest BCUT2D eigenvalue weighted by atomic mass is 14.9. The van der Waals surface area contributed by atoms with E-state index in [-0.39, 0.29) is 5.54 Å². The smallest absolute Gasteiger partial charge is 0.0596 e. The van der Waals surface area contributed by atoms with Crippen LogP contribution in [-0.2, 0) is 0 Å². The van der Waals surface area contributed by atoms with Gasteiger partial charge in [-0.25, -0.2) is 0 Å². The lowest BCUT2D eigenvalue weighted by atomic mass is 9.94. The lowest BCUT2D eigenvalue weighted by molar-refractivity contribution is 0.545. The summed E-state index contributed by atoms with van der Waals surface area (Å²) < 4.78 is 0. The van der Waals surface area contributed by atoms with E-state index in [0.717, 1.165) is 12.8 Å². The minimum absolute atomic E-state index is 0.149. The highest BCUT2D eigenvalue weighted by Crippen LogP contribution is 2.31. The molecule has 1 nitrogen and oxygen atoms in total. The summed E-state index contributed by atoms with van der Waals surface area (Å²) in [7, 11) is 0. The van der Waals surface area contributed by atoms with Crippen LogP contribution in [0.25, 0.3) is 0 Å². The Morgan fingerprint density at radius 1 is 1.50 bits per heavy atom. The fraction of sp³-hybridized carbons (Fsp3) is 0.727. The van der Waals surface area contributed by atoms with E-state index in [1.807, 2.05) is 0 Å². The van der Waals surface area contributed by atoms with E-state index in [1.54, 1.807) is 0 Å². The summed E-state index contributed by atoms with van der Waals surface area (Å²) in [4.78, 5) is 4.63. The quantitative estimate of drug-likeness (QED) is 0.565. The number of hydrogen-bond donors (Lipinski definition) is 0. The van der Waals surface area contributed by atoms with E-state index in [9.17, 15) is 0 Å². The van der Waals surface area contributed by atoms with Gasteiger partial charge in [0.2, 0.25) is 0 Å². The maximum absolute atomic E-state index is 4.63. The summed E-state index contributed by atoms with van der Waals surface area (Å²) in [5.74, 6) is 0. The molecule has 0 aromatic rings. The van der Waals surface area contributed by atoms with Crippen LogP contribution in [0.3, 0.4) is 0 Å². The second kappa shape index (κ2) is 3.04. The Balaban J connectivity index is 2.96. The van der Waals surface area contributed by atoms with Crippen molar-refractivity contribution in [2.75, 3.05) is 0 Å². The maximum Gasteiger partial charge on any atom is 0.0596 e. The molecule has 0 atom stereocenters. The molecule has 0 amide bonds. The van der Waals surface area contributed by atoms with Crippen molar-refractivity contribution in [3.05, 3.63) is 11.1 Å². The highest BCUT2D eigenvalue weighted by molar-refractivity contribution is 6.01. The number of hydrogen-bond acceptors (Lipinski definition) is 1. The third-order valence-corrected chi connectivity index (χ3v) is 2.56. The predicted octanol–water partition coefficient (Wildman–Crippen LogP) is 3.36. The van der Waals surface area contributed by atoms with Crippen molar-refractivity contribution < 1.29 is 0 Å². The van der Waals surface area contributed by atoms with Crippen molar-refractivity contribution in [1.29, 1.82) is 0 Å². The van der Waals surface area contributed by atoms with Crippen LogP contribution in [0.15, 0.2) is 16.1 Å². The monoisotopic (exact) mass is 165 g/mol. The third-order valence-electron chi connectivity index (χ3n) is 2.56. The van der Waals surface area contributed by atoms with E-state index >= 15 is 0 Å². The van der Waals surface area contributed by atoms with Gasteiger partial charge in [0.15, 0.2) is 0 Å². The standard InChI is InChI=1S/C11H19N/c1-6-8(2)10-7-11(4,5)12-9(10)3/h6-7H2,1-5H3/b10-8-. The van der Waals surface area contributed by atoms with Crippen molar-refractivity contribution in [2.45, 2.75) is 53.0 Å². The molecule has 1 heteroatoms. The normalized spacial score (nSPS) is 25.6. The number of nitrogens with zero attached hydrogens (tertiary/aromatic N) is 1. The van der Waals surface area contributed by atoms with Gasteiger partial charge in [0.05, 0.1) is 5.54 Å². The molecule has 0 bridgehead atoms. The van der Waals surface area contributed by atoms with Crippen molar-refractivity contribution in [1.82, 2.24) is 0 Å². The van der Waals surface area contributed by atoms with Crippen LogP contribution in [0, 0.1) is 0 Å². The van der Waals surface area contributed by atoms with Crippen LogP contribution in [-0.4, -0.2) is 11.3 Å².